The lowest BCUT2D eigenvalue weighted by molar-refractivity contribution is -0.0288. The highest BCUT2D eigenvalue weighted by atomic mass is 32.1. The molecule has 1 aliphatic rings. The van der Waals surface area contributed by atoms with Crippen LogP contribution in [0, 0.1) is 0 Å². The molecule has 102 valence electrons. The number of aliphatic hydroxyl groups is 2. The van der Waals surface area contributed by atoms with Crippen molar-refractivity contribution in [2.75, 3.05) is 11.5 Å². The van der Waals surface area contributed by atoms with Crippen molar-refractivity contribution >= 4 is 29.6 Å². The number of hydrogen-bond acceptors (Lipinski definition) is 8. The van der Waals surface area contributed by atoms with E-state index in [-0.39, 0.29) is 5.82 Å². The minimum atomic E-state index is -1.08. The first kappa shape index (κ1) is 12.6. The van der Waals surface area contributed by atoms with Crippen molar-refractivity contribution in [1.29, 1.82) is 0 Å². The van der Waals surface area contributed by atoms with Crippen LogP contribution in [0.1, 0.15) is 6.23 Å². The van der Waals surface area contributed by atoms with Crippen LogP contribution in [-0.4, -0.2) is 53.8 Å². The minimum absolute atomic E-state index is 0.252. The molecule has 8 nitrogen and oxygen atoms in total. The predicted octanol–water partition coefficient (Wildman–Crippen LogP) is -1.04. The van der Waals surface area contributed by atoms with Gasteiger partial charge in [-0.15, -0.1) is 0 Å². The van der Waals surface area contributed by atoms with E-state index in [1.54, 1.807) is 0 Å². The van der Waals surface area contributed by atoms with E-state index in [1.165, 1.54) is 17.2 Å². The Balaban J connectivity index is 2.04. The fourth-order valence-electron chi connectivity index (χ4n) is 2.17. The minimum Gasteiger partial charge on any atom is -0.387 e. The molecular weight excluding hydrogens is 270 g/mol. The topological polar surface area (TPSA) is 119 Å². The molecule has 2 aromatic rings. The van der Waals surface area contributed by atoms with Crippen LogP contribution in [0.5, 0.6) is 0 Å². The molecule has 1 saturated heterocycles. The van der Waals surface area contributed by atoms with Crippen LogP contribution in [0.25, 0.3) is 11.2 Å². The van der Waals surface area contributed by atoms with Gasteiger partial charge in [0.15, 0.2) is 17.7 Å². The molecular formula is C10H13N5O3S. The Labute approximate surface area is 113 Å². The molecule has 1 fully saturated rings. The van der Waals surface area contributed by atoms with Crippen molar-refractivity contribution in [3.8, 4) is 0 Å². The molecule has 0 bridgehead atoms. The molecule has 0 radical (unpaired) electrons. The van der Waals surface area contributed by atoms with Gasteiger partial charge in [-0.1, -0.05) is 0 Å². The van der Waals surface area contributed by atoms with Crippen LogP contribution in [0.3, 0.4) is 0 Å². The molecule has 0 spiro atoms. The molecule has 0 aliphatic carbocycles. The number of nitrogens with two attached hydrogens (primary N) is 1. The normalized spacial score (nSPS) is 31.1. The number of anilines is 1. The highest BCUT2D eigenvalue weighted by Gasteiger charge is 2.43. The standard InChI is InChI=1S/C10H13N5O3S/c11-8-5-9(13-2-12-8)15(3-14-5)10-7(17)6(16)4(1-19)18-10/h2-4,6-7,10,16-17,19H,1H2,(H2,11,12,13)/t4-,6-,7-,10-/m1/s1. The van der Waals surface area contributed by atoms with Crippen molar-refractivity contribution in [3.63, 3.8) is 0 Å². The third-order valence-electron chi connectivity index (χ3n) is 3.18. The molecule has 2 aromatic heterocycles. The van der Waals surface area contributed by atoms with Crippen LogP contribution >= 0.6 is 12.6 Å². The van der Waals surface area contributed by atoms with E-state index in [1.807, 2.05) is 0 Å². The van der Waals surface area contributed by atoms with Crippen molar-refractivity contribution in [1.82, 2.24) is 19.5 Å². The number of ether oxygens (including phenoxy) is 1. The summed E-state index contributed by atoms with van der Waals surface area (Å²) in [5.41, 5.74) is 6.57. The van der Waals surface area contributed by atoms with Gasteiger partial charge in [0.2, 0.25) is 0 Å². The molecule has 1 aliphatic heterocycles. The van der Waals surface area contributed by atoms with Gasteiger partial charge in [0, 0.05) is 5.75 Å². The van der Waals surface area contributed by atoms with Gasteiger partial charge in [-0.25, -0.2) is 15.0 Å². The van der Waals surface area contributed by atoms with Gasteiger partial charge in [0.25, 0.3) is 0 Å². The number of aromatic nitrogens is 4. The highest BCUT2D eigenvalue weighted by Crippen LogP contribution is 2.32. The molecule has 9 heteroatoms. The van der Waals surface area contributed by atoms with Gasteiger partial charge in [-0.05, 0) is 0 Å². The summed E-state index contributed by atoms with van der Waals surface area (Å²) in [5.74, 6) is 0.556. The number of nitrogens with zero attached hydrogens (tertiary/aromatic N) is 4. The average molecular weight is 283 g/mol. The number of rotatable bonds is 2. The molecule has 0 aromatic carbocycles. The van der Waals surface area contributed by atoms with Gasteiger partial charge in [0.05, 0.1) is 12.4 Å². The van der Waals surface area contributed by atoms with Gasteiger partial charge >= 0.3 is 0 Å². The Morgan fingerprint density at radius 1 is 1.32 bits per heavy atom. The van der Waals surface area contributed by atoms with Gasteiger partial charge in [0.1, 0.15) is 24.1 Å². The Kier molecular flexibility index (Phi) is 3.05. The fraction of sp³-hybridized carbons (Fsp3) is 0.500. The first-order valence-electron chi connectivity index (χ1n) is 5.69. The second-order valence-corrected chi connectivity index (χ2v) is 4.68. The maximum Gasteiger partial charge on any atom is 0.167 e. The average Bonchev–Trinajstić information content (AvgIpc) is 2.94. The van der Waals surface area contributed by atoms with Crippen LogP contribution in [0.4, 0.5) is 5.82 Å². The first-order chi connectivity index (χ1) is 9.13. The maximum atomic E-state index is 10.0. The summed E-state index contributed by atoms with van der Waals surface area (Å²) in [4.78, 5) is 12.0. The zero-order valence-corrected chi connectivity index (χ0v) is 10.7. The van der Waals surface area contributed by atoms with Crippen LogP contribution < -0.4 is 5.73 Å². The van der Waals surface area contributed by atoms with Gasteiger partial charge in [-0.2, -0.15) is 12.6 Å². The number of hydrogen-bond donors (Lipinski definition) is 4. The fourth-order valence-corrected chi connectivity index (χ4v) is 2.47. The lowest BCUT2D eigenvalue weighted by atomic mass is 10.1. The monoisotopic (exact) mass is 283 g/mol. The zero-order chi connectivity index (χ0) is 13.6. The largest absolute Gasteiger partial charge is 0.387 e. The summed E-state index contributed by atoms with van der Waals surface area (Å²) in [6.45, 7) is 0. The Hall–Kier alpha value is -1.42. The smallest absolute Gasteiger partial charge is 0.167 e. The number of aliphatic hydroxyl groups excluding tert-OH is 2. The van der Waals surface area contributed by atoms with Crippen LogP contribution in [0.2, 0.25) is 0 Å². The molecule has 3 rings (SSSR count). The lowest BCUT2D eigenvalue weighted by Crippen LogP contribution is -2.32. The summed E-state index contributed by atoms with van der Waals surface area (Å²) in [5, 5.41) is 19.9. The highest BCUT2D eigenvalue weighted by molar-refractivity contribution is 7.80. The molecule has 19 heavy (non-hydrogen) atoms. The second-order valence-electron chi connectivity index (χ2n) is 4.31. The van der Waals surface area contributed by atoms with E-state index >= 15 is 0 Å². The van der Waals surface area contributed by atoms with Crippen molar-refractivity contribution < 1.29 is 14.9 Å². The van der Waals surface area contributed by atoms with E-state index in [0.717, 1.165) is 0 Å². The van der Waals surface area contributed by atoms with Gasteiger partial charge < -0.3 is 20.7 Å². The SMILES string of the molecule is Nc1ncnc2c1ncn2[C@@H]1O[C@H](CS)[C@@H](O)[C@H]1O. The molecule has 0 amide bonds. The summed E-state index contributed by atoms with van der Waals surface area (Å²) >= 11 is 4.08. The summed E-state index contributed by atoms with van der Waals surface area (Å²) in [7, 11) is 0. The third kappa shape index (κ3) is 1.86. The predicted molar refractivity (Wildman–Crippen MR) is 69.5 cm³/mol. The summed E-state index contributed by atoms with van der Waals surface area (Å²) < 4.78 is 7.11. The second kappa shape index (κ2) is 4.60. The third-order valence-corrected chi connectivity index (χ3v) is 3.54. The van der Waals surface area contributed by atoms with E-state index < -0.39 is 24.5 Å². The Bertz CT molecular complexity index is 606. The van der Waals surface area contributed by atoms with Crippen molar-refractivity contribution in [2.45, 2.75) is 24.5 Å². The van der Waals surface area contributed by atoms with E-state index in [9.17, 15) is 10.2 Å². The molecule has 0 unspecified atom stereocenters. The van der Waals surface area contributed by atoms with Gasteiger partial charge in [-0.3, -0.25) is 4.57 Å². The van der Waals surface area contributed by atoms with Crippen LogP contribution in [-0.2, 0) is 4.74 Å². The molecule has 0 saturated carbocycles. The van der Waals surface area contributed by atoms with Crippen LogP contribution in [0.15, 0.2) is 12.7 Å². The van der Waals surface area contributed by atoms with Crippen molar-refractivity contribution in [2.24, 2.45) is 0 Å². The lowest BCUT2D eigenvalue weighted by Gasteiger charge is -2.16. The van der Waals surface area contributed by atoms with E-state index in [4.69, 9.17) is 10.5 Å². The summed E-state index contributed by atoms with van der Waals surface area (Å²) in [6.07, 6.45) is -0.628. The zero-order valence-electron chi connectivity index (χ0n) is 9.79. The van der Waals surface area contributed by atoms with Crippen molar-refractivity contribution in [3.05, 3.63) is 12.7 Å². The molecule has 3 heterocycles. The molecule has 4 N–H and O–H groups in total. The van der Waals surface area contributed by atoms with E-state index in [0.29, 0.717) is 16.9 Å². The quantitative estimate of drug-likeness (QED) is 0.520. The first-order valence-corrected chi connectivity index (χ1v) is 6.32. The van der Waals surface area contributed by atoms with E-state index in [2.05, 4.69) is 27.6 Å². The number of fused-ring (bicyclic) bond motifs is 1. The molecule has 4 atom stereocenters. The number of nitrogen functional groups attached to an aromatic ring is 1. The summed E-state index contributed by atoms with van der Waals surface area (Å²) in [6, 6.07) is 0. The maximum absolute atomic E-state index is 10.0. The number of thiol groups is 1. The Morgan fingerprint density at radius 3 is 2.79 bits per heavy atom. The Morgan fingerprint density at radius 2 is 2.11 bits per heavy atom. The number of imidazole rings is 1.